The molecule has 22 heavy (non-hydrogen) atoms. The fourth-order valence-electron chi connectivity index (χ4n) is 0.736. The molecule has 6 N–H and O–H groups in total. The molecule has 0 spiro atoms. The normalized spacial score (nSPS) is 8.91. The summed E-state index contributed by atoms with van der Waals surface area (Å²) in [4.78, 5) is 39.2. The van der Waals surface area contributed by atoms with Gasteiger partial charge in [-0.05, 0) is 0 Å². The molecule has 0 aliphatic rings. The first kappa shape index (κ1) is 29.6. The molecule has 0 unspecified atom stereocenters. The van der Waals surface area contributed by atoms with E-state index in [0.717, 1.165) is 0 Å². The van der Waals surface area contributed by atoms with Crippen LogP contribution in [0.25, 0.3) is 0 Å². The summed E-state index contributed by atoms with van der Waals surface area (Å²) in [7, 11) is 0. The van der Waals surface area contributed by atoms with Gasteiger partial charge in [0.05, 0.1) is 0 Å². The van der Waals surface area contributed by atoms with Crippen LogP contribution >= 0.6 is 0 Å². The average Bonchev–Trinajstić information content (AvgIpc) is 2.11. The summed E-state index contributed by atoms with van der Waals surface area (Å²) in [5.41, 5.74) is 0. The quantitative estimate of drug-likeness (QED) is 0.186. The number of carbonyl (C=O) groups is 4. The van der Waals surface area contributed by atoms with Crippen molar-refractivity contribution in [2.24, 2.45) is 0 Å². The van der Waals surface area contributed by atoms with Crippen LogP contribution < -0.4 is 0 Å². The Kier molecular flexibility index (Phi) is 22.7. The van der Waals surface area contributed by atoms with Crippen molar-refractivity contribution in [1.82, 2.24) is 10.1 Å². The summed E-state index contributed by atoms with van der Waals surface area (Å²) in [6.45, 7) is -2.75. The Hall–Kier alpha value is -0.436. The van der Waals surface area contributed by atoms with Gasteiger partial charge in [-0.3, -0.25) is 19.2 Å². The molecule has 12 nitrogen and oxygen atoms in total. The molecule has 0 aromatic carbocycles. The molecule has 0 amide bonds. The standard InChI is InChI=1S/2C4H7NO5.Ca.V/c2*6-3(7)1-5(10)2-4(8)9;;/h2*10H,1-2H2,(H,6,7)(H,8,9);;/q;;2*+2. The van der Waals surface area contributed by atoms with E-state index in [4.69, 9.17) is 30.8 Å². The summed E-state index contributed by atoms with van der Waals surface area (Å²) in [5, 5.41) is 49.3. The fourth-order valence-corrected chi connectivity index (χ4v) is 0.736. The molecule has 14 heteroatoms. The largest absolute Gasteiger partial charge is 2.00 e. The number of hydrogen-bond acceptors (Lipinski definition) is 8. The summed E-state index contributed by atoms with van der Waals surface area (Å²) in [5.74, 6) is -5.10. The Morgan fingerprint density at radius 2 is 0.727 bits per heavy atom. The third-order valence-corrected chi connectivity index (χ3v) is 1.27. The predicted octanol–water partition coefficient (Wildman–Crippen LogP) is -2.69. The molecule has 1 radical (unpaired) electrons. The second-order valence-electron chi connectivity index (χ2n) is 3.22. The van der Waals surface area contributed by atoms with Crippen LogP contribution in [0.4, 0.5) is 0 Å². The molecule has 0 heterocycles. The monoisotopic (exact) mass is 389 g/mol. The zero-order valence-corrected chi connectivity index (χ0v) is 14.8. The van der Waals surface area contributed by atoms with Gasteiger partial charge in [0.2, 0.25) is 0 Å². The average molecular weight is 389 g/mol. The topological polar surface area (TPSA) is 196 Å². The summed E-state index contributed by atoms with van der Waals surface area (Å²) < 4.78 is 0. The van der Waals surface area contributed by atoms with Crippen LogP contribution in [0.15, 0.2) is 0 Å². The number of hydroxylamine groups is 4. The van der Waals surface area contributed by atoms with Crippen LogP contribution in [0.1, 0.15) is 0 Å². The van der Waals surface area contributed by atoms with Crippen molar-refractivity contribution in [2.45, 2.75) is 0 Å². The van der Waals surface area contributed by atoms with Crippen LogP contribution in [-0.2, 0) is 37.7 Å². The van der Waals surface area contributed by atoms with Crippen molar-refractivity contribution in [2.75, 3.05) is 26.2 Å². The van der Waals surface area contributed by atoms with Gasteiger partial charge < -0.3 is 30.8 Å². The van der Waals surface area contributed by atoms with Crippen molar-refractivity contribution in [1.29, 1.82) is 0 Å². The number of aliphatic carboxylic acids is 4. The maximum atomic E-state index is 9.80. The smallest absolute Gasteiger partial charge is 0.480 e. The van der Waals surface area contributed by atoms with E-state index in [0.29, 0.717) is 0 Å². The van der Waals surface area contributed by atoms with E-state index in [2.05, 4.69) is 0 Å². The number of hydrogen-bond donors (Lipinski definition) is 6. The first-order valence-corrected chi connectivity index (χ1v) is 4.79. The van der Waals surface area contributed by atoms with E-state index >= 15 is 0 Å². The fraction of sp³-hybridized carbons (Fsp3) is 0.500. The van der Waals surface area contributed by atoms with Crippen molar-refractivity contribution < 1.29 is 68.6 Å². The van der Waals surface area contributed by atoms with Crippen LogP contribution in [0, 0.1) is 0 Å². The number of nitrogens with zero attached hydrogens (tertiary/aromatic N) is 2. The van der Waals surface area contributed by atoms with E-state index in [-0.39, 0.29) is 66.4 Å². The van der Waals surface area contributed by atoms with Gasteiger partial charge in [-0.15, -0.1) is 0 Å². The third-order valence-electron chi connectivity index (χ3n) is 1.27. The molecule has 0 atom stereocenters. The summed E-state index contributed by atoms with van der Waals surface area (Å²) in [6.07, 6.45) is 0. The van der Waals surface area contributed by atoms with Gasteiger partial charge in [0.1, 0.15) is 26.2 Å². The molecule has 0 saturated carbocycles. The van der Waals surface area contributed by atoms with E-state index < -0.39 is 50.1 Å². The predicted molar refractivity (Wildman–Crippen MR) is 63.0 cm³/mol. The zero-order chi connectivity index (χ0) is 16.3. The minimum absolute atomic E-state index is 0. The first-order chi connectivity index (χ1) is 9.04. The molecule has 0 aromatic heterocycles. The van der Waals surface area contributed by atoms with E-state index in [9.17, 15) is 19.2 Å². The molecule has 119 valence electrons. The van der Waals surface area contributed by atoms with Crippen LogP contribution in [0.3, 0.4) is 0 Å². The summed E-state index contributed by atoms with van der Waals surface area (Å²) in [6, 6.07) is 0. The van der Waals surface area contributed by atoms with Gasteiger partial charge in [0.25, 0.3) is 0 Å². The SMILES string of the molecule is O=C(O)CN(O)CC(=O)O.O=C(O)CN(O)CC(=O)O.[Ca+2].[V+2]. The van der Waals surface area contributed by atoms with Gasteiger partial charge >= 0.3 is 80.2 Å². The molecule has 0 aliphatic heterocycles. The minimum atomic E-state index is -1.27. The third kappa shape index (κ3) is 27.8. The van der Waals surface area contributed by atoms with Crippen molar-refractivity contribution >= 4 is 61.6 Å². The van der Waals surface area contributed by atoms with Gasteiger partial charge in [0, 0.05) is 0 Å². The van der Waals surface area contributed by atoms with E-state index in [1.165, 1.54) is 0 Å². The zero-order valence-electron chi connectivity index (χ0n) is 11.2. The van der Waals surface area contributed by atoms with Crippen molar-refractivity contribution in [3.8, 4) is 0 Å². The molecular weight excluding hydrogens is 375 g/mol. The number of rotatable bonds is 8. The Bertz CT molecular complexity index is 303. The molecule has 0 bridgehead atoms. The van der Waals surface area contributed by atoms with Crippen LogP contribution in [0.2, 0.25) is 0 Å². The maximum absolute atomic E-state index is 9.80. The molecule has 0 fully saturated rings. The molecular formula is C8H14CaN2O10V+4. The number of carboxylic acids is 4. The van der Waals surface area contributed by atoms with Gasteiger partial charge in [-0.2, -0.15) is 10.1 Å². The van der Waals surface area contributed by atoms with Gasteiger partial charge in [-0.1, -0.05) is 0 Å². The minimum Gasteiger partial charge on any atom is -0.480 e. The molecule has 0 saturated heterocycles. The number of carboxylic acid groups (broad SMARTS) is 4. The Balaban J connectivity index is -0.000000135. The Labute approximate surface area is 165 Å². The second kappa shape index (κ2) is 16.9. The summed E-state index contributed by atoms with van der Waals surface area (Å²) >= 11 is 0. The molecule has 0 aliphatic carbocycles. The first-order valence-electron chi connectivity index (χ1n) is 4.79. The molecule has 0 rings (SSSR count). The van der Waals surface area contributed by atoms with Crippen LogP contribution in [-0.4, -0.2) is 129 Å². The molecule has 0 aromatic rings. The van der Waals surface area contributed by atoms with Crippen molar-refractivity contribution in [3.05, 3.63) is 0 Å². The van der Waals surface area contributed by atoms with Gasteiger partial charge in [-0.25, -0.2) is 0 Å². The second-order valence-corrected chi connectivity index (χ2v) is 3.22. The Morgan fingerprint density at radius 1 is 0.591 bits per heavy atom. The maximum Gasteiger partial charge on any atom is 2.00 e. The van der Waals surface area contributed by atoms with Gasteiger partial charge in [0.15, 0.2) is 0 Å². The van der Waals surface area contributed by atoms with Crippen LogP contribution in [0.5, 0.6) is 0 Å². The van der Waals surface area contributed by atoms with Crippen molar-refractivity contribution in [3.63, 3.8) is 0 Å². The van der Waals surface area contributed by atoms with E-state index in [1.54, 1.807) is 0 Å². The van der Waals surface area contributed by atoms with E-state index in [1.807, 2.05) is 0 Å². The Morgan fingerprint density at radius 3 is 0.818 bits per heavy atom.